The number of ether oxygens (including phenoxy) is 3. The molecule has 0 aliphatic carbocycles. The molecule has 1 aliphatic heterocycles. The minimum absolute atomic E-state index is 0.197. The molecule has 130 valence electrons. The van der Waals surface area contributed by atoms with Crippen molar-refractivity contribution in [3.8, 4) is 11.5 Å². The number of nitrogens with one attached hydrogen (secondary N) is 1. The van der Waals surface area contributed by atoms with Crippen LogP contribution in [0.5, 0.6) is 11.5 Å². The van der Waals surface area contributed by atoms with Gasteiger partial charge < -0.3 is 19.5 Å². The summed E-state index contributed by atoms with van der Waals surface area (Å²) in [7, 11) is 0. The minimum Gasteiger partial charge on any atom is -0.454 e. The number of hydrogen-bond acceptors (Lipinski definition) is 6. The molecule has 1 aromatic carbocycles. The Bertz CT molecular complexity index is 811. The Morgan fingerprint density at radius 3 is 2.88 bits per heavy atom. The SMILES string of the molecule is C[C@H](OC(=O)c1cncc(Br)c1)C(=O)NCc1ccc2c(c1)OCO2. The summed E-state index contributed by atoms with van der Waals surface area (Å²) in [6, 6.07) is 6.99. The Kier molecular flexibility index (Phi) is 5.18. The largest absolute Gasteiger partial charge is 0.454 e. The number of aromatic nitrogens is 1. The second-order valence-corrected chi connectivity index (χ2v) is 6.26. The van der Waals surface area contributed by atoms with E-state index in [2.05, 4.69) is 26.2 Å². The Labute approximate surface area is 152 Å². The van der Waals surface area contributed by atoms with E-state index in [0.717, 1.165) is 5.56 Å². The molecule has 1 aromatic heterocycles. The summed E-state index contributed by atoms with van der Waals surface area (Å²) in [6.45, 7) is 2.00. The molecule has 3 rings (SSSR count). The van der Waals surface area contributed by atoms with E-state index in [4.69, 9.17) is 14.2 Å². The van der Waals surface area contributed by atoms with Gasteiger partial charge in [-0.3, -0.25) is 9.78 Å². The molecular formula is C17H15BrN2O5. The molecule has 0 bridgehead atoms. The average molecular weight is 407 g/mol. The van der Waals surface area contributed by atoms with Gasteiger partial charge in [-0.1, -0.05) is 6.07 Å². The molecule has 0 fully saturated rings. The number of amides is 1. The van der Waals surface area contributed by atoms with Gasteiger partial charge in [0.2, 0.25) is 6.79 Å². The Balaban J connectivity index is 1.53. The van der Waals surface area contributed by atoms with Crippen LogP contribution in [0.3, 0.4) is 0 Å². The molecule has 0 radical (unpaired) electrons. The molecule has 1 aliphatic rings. The number of pyridine rings is 1. The minimum atomic E-state index is -0.930. The number of carbonyl (C=O) groups is 2. The molecule has 0 spiro atoms. The highest BCUT2D eigenvalue weighted by molar-refractivity contribution is 9.10. The third-order valence-corrected chi connectivity index (χ3v) is 3.93. The van der Waals surface area contributed by atoms with Crippen LogP contribution >= 0.6 is 15.9 Å². The van der Waals surface area contributed by atoms with Crippen molar-refractivity contribution in [2.24, 2.45) is 0 Å². The number of halogens is 1. The fraction of sp³-hybridized carbons (Fsp3) is 0.235. The van der Waals surface area contributed by atoms with Gasteiger partial charge in [0.15, 0.2) is 17.6 Å². The molecule has 1 amide bonds. The topological polar surface area (TPSA) is 86.8 Å². The third-order valence-electron chi connectivity index (χ3n) is 3.50. The lowest BCUT2D eigenvalue weighted by molar-refractivity contribution is -0.129. The first-order valence-corrected chi connectivity index (χ1v) is 8.30. The van der Waals surface area contributed by atoms with Gasteiger partial charge in [-0.15, -0.1) is 0 Å². The van der Waals surface area contributed by atoms with Crippen LogP contribution in [0.2, 0.25) is 0 Å². The Hall–Kier alpha value is -2.61. The number of carbonyl (C=O) groups excluding carboxylic acids is 2. The van der Waals surface area contributed by atoms with Crippen molar-refractivity contribution in [2.75, 3.05) is 6.79 Å². The molecule has 0 saturated heterocycles. The maximum absolute atomic E-state index is 12.1. The van der Waals surface area contributed by atoms with Gasteiger partial charge in [0.05, 0.1) is 5.56 Å². The standard InChI is InChI=1S/C17H15BrN2O5/c1-10(25-17(22)12-5-13(18)8-19-7-12)16(21)20-6-11-2-3-14-15(4-11)24-9-23-14/h2-5,7-8,10H,6,9H2,1H3,(H,20,21)/t10-/m0/s1. The molecule has 2 heterocycles. The number of esters is 1. The molecule has 1 atom stereocenters. The van der Waals surface area contributed by atoms with Crippen LogP contribution in [0.1, 0.15) is 22.8 Å². The Morgan fingerprint density at radius 1 is 1.28 bits per heavy atom. The zero-order valence-corrected chi connectivity index (χ0v) is 14.9. The average Bonchev–Trinajstić information content (AvgIpc) is 3.07. The number of rotatable bonds is 5. The van der Waals surface area contributed by atoms with Crippen LogP contribution in [0.15, 0.2) is 41.1 Å². The first-order valence-electron chi connectivity index (χ1n) is 7.50. The van der Waals surface area contributed by atoms with Gasteiger partial charge in [-0.25, -0.2) is 4.79 Å². The summed E-state index contributed by atoms with van der Waals surface area (Å²) in [4.78, 5) is 28.0. The van der Waals surface area contributed by atoms with Gasteiger partial charge >= 0.3 is 5.97 Å². The van der Waals surface area contributed by atoms with Gasteiger partial charge in [0, 0.05) is 23.4 Å². The molecule has 1 N–H and O–H groups in total. The highest BCUT2D eigenvalue weighted by atomic mass is 79.9. The summed E-state index contributed by atoms with van der Waals surface area (Å²) in [5, 5.41) is 2.72. The van der Waals surface area contributed by atoms with Crippen molar-refractivity contribution in [3.05, 3.63) is 52.3 Å². The molecule has 0 unspecified atom stereocenters. The van der Waals surface area contributed by atoms with Crippen LogP contribution < -0.4 is 14.8 Å². The highest BCUT2D eigenvalue weighted by Crippen LogP contribution is 2.32. The summed E-state index contributed by atoms with van der Waals surface area (Å²) in [5.41, 5.74) is 1.12. The lowest BCUT2D eigenvalue weighted by Gasteiger charge is -2.13. The van der Waals surface area contributed by atoms with Gasteiger partial charge in [-0.05, 0) is 46.6 Å². The molecule has 2 aromatic rings. The van der Waals surface area contributed by atoms with Crippen LogP contribution in [0.4, 0.5) is 0 Å². The first kappa shape index (κ1) is 17.2. The van der Waals surface area contributed by atoms with Crippen molar-refractivity contribution in [3.63, 3.8) is 0 Å². The van der Waals surface area contributed by atoms with Gasteiger partial charge in [0.1, 0.15) is 0 Å². The van der Waals surface area contributed by atoms with E-state index in [9.17, 15) is 9.59 Å². The normalized spacial score (nSPS) is 13.2. The second kappa shape index (κ2) is 7.52. The number of nitrogens with zero attached hydrogens (tertiary/aromatic N) is 1. The van der Waals surface area contributed by atoms with Crippen LogP contribution in [-0.2, 0) is 16.1 Å². The van der Waals surface area contributed by atoms with Crippen molar-refractivity contribution in [2.45, 2.75) is 19.6 Å². The molecule has 0 saturated carbocycles. The molecular weight excluding hydrogens is 392 g/mol. The van der Waals surface area contributed by atoms with Gasteiger partial charge in [-0.2, -0.15) is 0 Å². The highest BCUT2D eigenvalue weighted by Gasteiger charge is 2.19. The Morgan fingerprint density at radius 2 is 2.08 bits per heavy atom. The van der Waals surface area contributed by atoms with E-state index in [1.165, 1.54) is 13.1 Å². The summed E-state index contributed by atoms with van der Waals surface area (Å²) in [5.74, 6) is 0.321. The van der Waals surface area contributed by atoms with Crippen LogP contribution in [-0.4, -0.2) is 29.8 Å². The van der Waals surface area contributed by atoms with Crippen LogP contribution in [0.25, 0.3) is 0 Å². The predicted octanol–water partition coefficient (Wildman–Crippen LogP) is 2.43. The van der Waals surface area contributed by atoms with Crippen molar-refractivity contribution in [1.29, 1.82) is 0 Å². The van der Waals surface area contributed by atoms with E-state index in [0.29, 0.717) is 16.0 Å². The zero-order chi connectivity index (χ0) is 17.8. The second-order valence-electron chi connectivity index (χ2n) is 5.34. The molecule has 8 heteroatoms. The van der Waals surface area contributed by atoms with Crippen molar-refractivity contribution in [1.82, 2.24) is 10.3 Å². The maximum atomic E-state index is 12.1. The van der Waals surface area contributed by atoms with E-state index < -0.39 is 18.0 Å². The quantitative estimate of drug-likeness (QED) is 0.767. The van der Waals surface area contributed by atoms with Crippen LogP contribution in [0, 0.1) is 0 Å². The molecule has 7 nitrogen and oxygen atoms in total. The summed E-state index contributed by atoms with van der Waals surface area (Å²) >= 11 is 3.23. The first-order chi connectivity index (χ1) is 12.0. The fourth-order valence-corrected chi connectivity index (χ4v) is 2.55. The van der Waals surface area contributed by atoms with Gasteiger partial charge in [0.25, 0.3) is 5.91 Å². The van der Waals surface area contributed by atoms with E-state index in [1.807, 2.05) is 6.07 Å². The maximum Gasteiger partial charge on any atom is 0.340 e. The number of benzene rings is 1. The third kappa shape index (κ3) is 4.27. The fourth-order valence-electron chi connectivity index (χ4n) is 2.19. The summed E-state index contributed by atoms with van der Waals surface area (Å²) < 4.78 is 16.3. The number of hydrogen-bond donors (Lipinski definition) is 1. The number of fused-ring (bicyclic) bond motifs is 1. The zero-order valence-electron chi connectivity index (χ0n) is 13.3. The van der Waals surface area contributed by atoms with E-state index in [1.54, 1.807) is 24.4 Å². The predicted molar refractivity (Wildman–Crippen MR) is 91.2 cm³/mol. The monoisotopic (exact) mass is 406 g/mol. The van der Waals surface area contributed by atoms with Crippen molar-refractivity contribution >= 4 is 27.8 Å². The van der Waals surface area contributed by atoms with E-state index >= 15 is 0 Å². The smallest absolute Gasteiger partial charge is 0.340 e. The van der Waals surface area contributed by atoms with E-state index in [-0.39, 0.29) is 18.9 Å². The lowest BCUT2D eigenvalue weighted by atomic mass is 10.2. The lowest BCUT2D eigenvalue weighted by Crippen LogP contribution is -2.35. The van der Waals surface area contributed by atoms with Crippen molar-refractivity contribution < 1.29 is 23.8 Å². The summed E-state index contributed by atoms with van der Waals surface area (Å²) in [6.07, 6.45) is 2.00. The molecule has 25 heavy (non-hydrogen) atoms.